The minimum Gasteiger partial charge on any atom is -0.356 e. The number of hydrogen-bond acceptors (Lipinski definition) is 5. The fourth-order valence-electron chi connectivity index (χ4n) is 3.19. The number of carbonyl (C=O) groups excluding carboxylic acids is 1. The van der Waals surface area contributed by atoms with Crippen molar-refractivity contribution in [3.05, 3.63) is 12.3 Å². The predicted molar refractivity (Wildman–Crippen MR) is 87.2 cm³/mol. The van der Waals surface area contributed by atoms with Gasteiger partial charge in [-0.3, -0.25) is 4.79 Å². The van der Waals surface area contributed by atoms with Gasteiger partial charge in [0.25, 0.3) is 0 Å². The first-order chi connectivity index (χ1) is 10.7. The van der Waals surface area contributed by atoms with Gasteiger partial charge >= 0.3 is 0 Å². The topological polar surface area (TPSA) is 52.6 Å². The monoisotopic (exact) mass is 303 g/mol. The van der Waals surface area contributed by atoms with Gasteiger partial charge in [-0.1, -0.05) is 12.8 Å². The lowest BCUT2D eigenvalue weighted by Crippen LogP contribution is -2.48. The molecule has 0 aromatic carbocycles. The molecule has 6 nitrogen and oxygen atoms in total. The Morgan fingerprint density at radius 1 is 0.955 bits per heavy atom. The normalized spacial score (nSPS) is 20.0. The first-order valence-corrected chi connectivity index (χ1v) is 8.32. The third kappa shape index (κ3) is 3.48. The minimum atomic E-state index is 0.152. The molecular weight excluding hydrogens is 278 g/mol. The molecule has 22 heavy (non-hydrogen) atoms. The van der Waals surface area contributed by atoms with Crippen molar-refractivity contribution in [1.82, 2.24) is 14.9 Å². The Bertz CT molecular complexity index is 505. The number of rotatable bonds is 2. The molecule has 6 heteroatoms. The van der Waals surface area contributed by atoms with Crippen LogP contribution < -0.4 is 9.80 Å². The molecule has 0 N–H and O–H groups in total. The summed E-state index contributed by atoms with van der Waals surface area (Å²) in [5.41, 5.74) is 0. The minimum absolute atomic E-state index is 0.152. The lowest BCUT2D eigenvalue weighted by molar-refractivity contribution is -0.129. The lowest BCUT2D eigenvalue weighted by atomic mass is 10.2. The first-order valence-electron chi connectivity index (χ1n) is 8.32. The van der Waals surface area contributed by atoms with Crippen LogP contribution in [0.5, 0.6) is 0 Å². The van der Waals surface area contributed by atoms with Crippen LogP contribution in [0.15, 0.2) is 12.3 Å². The molecule has 0 saturated carbocycles. The van der Waals surface area contributed by atoms with E-state index in [1.54, 1.807) is 6.92 Å². The van der Waals surface area contributed by atoms with Crippen molar-refractivity contribution in [2.24, 2.45) is 0 Å². The van der Waals surface area contributed by atoms with Crippen LogP contribution in [0.1, 0.15) is 32.6 Å². The van der Waals surface area contributed by atoms with Crippen molar-refractivity contribution >= 4 is 17.7 Å². The van der Waals surface area contributed by atoms with E-state index in [-0.39, 0.29) is 5.91 Å². The zero-order chi connectivity index (χ0) is 15.4. The Kier molecular flexibility index (Phi) is 4.75. The highest BCUT2D eigenvalue weighted by Crippen LogP contribution is 2.20. The predicted octanol–water partition coefficient (Wildman–Crippen LogP) is 1.53. The summed E-state index contributed by atoms with van der Waals surface area (Å²) in [4.78, 5) is 27.1. The average Bonchev–Trinajstić information content (AvgIpc) is 2.84. The number of hydrogen-bond donors (Lipinski definition) is 0. The van der Waals surface area contributed by atoms with E-state index in [9.17, 15) is 4.79 Å². The summed E-state index contributed by atoms with van der Waals surface area (Å²) in [6, 6.07) is 2.01. The van der Waals surface area contributed by atoms with Gasteiger partial charge in [-0.25, -0.2) is 4.98 Å². The van der Waals surface area contributed by atoms with Crippen molar-refractivity contribution in [2.75, 3.05) is 49.1 Å². The second-order valence-electron chi connectivity index (χ2n) is 6.11. The van der Waals surface area contributed by atoms with Crippen molar-refractivity contribution in [1.29, 1.82) is 0 Å². The maximum atomic E-state index is 11.4. The molecule has 0 unspecified atom stereocenters. The Balaban J connectivity index is 1.67. The van der Waals surface area contributed by atoms with Crippen LogP contribution in [-0.2, 0) is 4.79 Å². The van der Waals surface area contributed by atoms with Crippen LogP contribution >= 0.6 is 0 Å². The SMILES string of the molecule is CC(=O)N1CCN(c2nccc(N3CCCCCC3)n2)CC1. The summed E-state index contributed by atoms with van der Waals surface area (Å²) >= 11 is 0. The second-order valence-corrected chi connectivity index (χ2v) is 6.11. The molecule has 3 rings (SSSR count). The number of aromatic nitrogens is 2. The van der Waals surface area contributed by atoms with E-state index < -0.39 is 0 Å². The second kappa shape index (κ2) is 6.94. The molecule has 2 fully saturated rings. The van der Waals surface area contributed by atoms with Crippen LogP contribution in [0.25, 0.3) is 0 Å². The molecule has 0 radical (unpaired) electrons. The fourth-order valence-corrected chi connectivity index (χ4v) is 3.19. The lowest BCUT2D eigenvalue weighted by Gasteiger charge is -2.34. The molecule has 1 aromatic heterocycles. The molecule has 2 saturated heterocycles. The largest absolute Gasteiger partial charge is 0.356 e. The van der Waals surface area contributed by atoms with Crippen LogP contribution in [0.3, 0.4) is 0 Å². The number of amides is 1. The maximum Gasteiger partial charge on any atom is 0.227 e. The summed E-state index contributed by atoms with van der Waals surface area (Å²) in [5.74, 6) is 1.99. The first kappa shape index (κ1) is 15.1. The van der Waals surface area contributed by atoms with Gasteiger partial charge < -0.3 is 14.7 Å². The number of piperazine rings is 1. The van der Waals surface area contributed by atoms with E-state index >= 15 is 0 Å². The average molecular weight is 303 g/mol. The van der Waals surface area contributed by atoms with Gasteiger partial charge in [0, 0.05) is 52.4 Å². The maximum absolute atomic E-state index is 11.4. The molecule has 0 atom stereocenters. The van der Waals surface area contributed by atoms with Crippen LogP contribution in [-0.4, -0.2) is 60.0 Å². The molecule has 0 spiro atoms. The third-order valence-electron chi connectivity index (χ3n) is 4.57. The quantitative estimate of drug-likeness (QED) is 0.829. The molecule has 120 valence electrons. The number of carbonyl (C=O) groups is 1. The van der Waals surface area contributed by atoms with E-state index in [1.165, 1.54) is 25.7 Å². The van der Waals surface area contributed by atoms with Gasteiger partial charge in [0.1, 0.15) is 5.82 Å². The van der Waals surface area contributed by atoms with Crippen LogP contribution in [0, 0.1) is 0 Å². The Morgan fingerprint density at radius 2 is 1.64 bits per heavy atom. The number of nitrogens with zero attached hydrogens (tertiary/aromatic N) is 5. The van der Waals surface area contributed by atoms with Crippen molar-refractivity contribution in [3.8, 4) is 0 Å². The van der Waals surface area contributed by atoms with E-state index in [2.05, 4.69) is 14.8 Å². The highest BCUT2D eigenvalue weighted by atomic mass is 16.2. The number of anilines is 2. The highest BCUT2D eigenvalue weighted by molar-refractivity contribution is 5.73. The summed E-state index contributed by atoms with van der Waals surface area (Å²) in [5, 5.41) is 0. The Morgan fingerprint density at radius 3 is 2.27 bits per heavy atom. The van der Waals surface area contributed by atoms with Crippen molar-refractivity contribution in [2.45, 2.75) is 32.6 Å². The molecule has 0 bridgehead atoms. The summed E-state index contributed by atoms with van der Waals surface area (Å²) in [6.45, 7) is 6.95. The molecule has 3 heterocycles. The van der Waals surface area contributed by atoms with Gasteiger partial charge in [0.2, 0.25) is 11.9 Å². The van der Waals surface area contributed by atoms with Crippen LogP contribution in [0.4, 0.5) is 11.8 Å². The summed E-state index contributed by atoms with van der Waals surface area (Å²) in [7, 11) is 0. The molecule has 1 amide bonds. The van der Waals surface area contributed by atoms with Crippen molar-refractivity contribution < 1.29 is 4.79 Å². The fraction of sp³-hybridized carbons (Fsp3) is 0.688. The molecule has 1 aromatic rings. The summed E-state index contributed by atoms with van der Waals surface area (Å²) in [6.07, 6.45) is 7.00. The smallest absolute Gasteiger partial charge is 0.227 e. The standard InChI is InChI=1S/C16H25N5O/c1-14(22)19-10-12-21(13-11-19)16-17-7-6-15(18-16)20-8-4-2-3-5-9-20/h6-7H,2-5,8-13H2,1H3. The van der Waals surface area contributed by atoms with Gasteiger partial charge in [-0.15, -0.1) is 0 Å². The van der Waals surface area contributed by atoms with E-state index in [0.29, 0.717) is 0 Å². The van der Waals surface area contributed by atoms with Gasteiger partial charge in [-0.2, -0.15) is 4.98 Å². The molecule has 2 aliphatic rings. The van der Waals surface area contributed by atoms with E-state index in [4.69, 9.17) is 4.98 Å². The summed E-state index contributed by atoms with van der Waals surface area (Å²) < 4.78 is 0. The van der Waals surface area contributed by atoms with E-state index in [0.717, 1.165) is 51.0 Å². The zero-order valence-corrected chi connectivity index (χ0v) is 13.4. The van der Waals surface area contributed by atoms with Gasteiger partial charge in [0.05, 0.1) is 0 Å². The molecule has 2 aliphatic heterocycles. The zero-order valence-electron chi connectivity index (χ0n) is 13.4. The van der Waals surface area contributed by atoms with Crippen LogP contribution in [0.2, 0.25) is 0 Å². The highest BCUT2D eigenvalue weighted by Gasteiger charge is 2.21. The molecular formula is C16H25N5O. The van der Waals surface area contributed by atoms with Crippen molar-refractivity contribution in [3.63, 3.8) is 0 Å². The third-order valence-corrected chi connectivity index (χ3v) is 4.57. The van der Waals surface area contributed by atoms with Gasteiger partial charge in [0.15, 0.2) is 0 Å². The Hall–Kier alpha value is -1.85. The van der Waals surface area contributed by atoms with Gasteiger partial charge in [-0.05, 0) is 18.9 Å². The molecule has 0 aliphatic carbocycles. The van der Waals surface area contributed by atoms with E-state index in [1.807, 2.05) is 17.2 Å². The Labute approximate surface area is 132 Å².